The molecule has 1 aromatic carbocycles. The molecule has 1 unspecified atom stereocenters. The number of hydrogen-bond acceptors (Lipinski definition) is 2. The molecule has 0 saturated heterocycles. The van der Waals surface area contributed by atoms with Gasteiger partial charge in [0.2, 0.25) is 0 Å². The molecule has 1 aliphatic carbocycles. The number of aryl methyl sites for hydroxylation is 1. The summed E-state index contributed by atoms with van der Waals surface area (Å²) in [5.74, 6) is 0.548. The lowest BCUT2D eigenvalue weighted by molar-refractivity contribution is 0.453. The molecule has 1 aromatic heterocycles. The Morgan fingerprint density at radius 1 is 1.30 bits per heavy atom. The second kappa shape index (κ2) is 6.18. The van der Waals surface area contributed by atoms with Gasteiger partial charge in [0.15, 0.2) is 0 Å². The van der Waals surface area contributed by atoms with Crippen LogP contribution in [0.1, 0.15) is 30.9 Å². The molecule has 1 fully saturated rings. The SMILES string of the molecule is Fc1ccc(C(NCCCn2cccn2)C2CC2)cc1. The summed E-state index contributed by atoms with van der Waals surface area (Å²) >= 11 is 0. The van der Waals surface area contributed by atoms with Gasteiger partial charge in [-0.25, -0.2) is 4.39 Å². The smallest absolute Gasteiger partial charge is 0.123 e. The van der Waals surface area contributed by atoms with Crippen LogP contribution in [-0.2, 0) is 6.54 Å². The van der Waals surface area contributed by atoms with E-state index in [1.807, 2.05) is 29.1 Å². The van der Waals surface area contributed by atoms with Gasteiger partial charge in [-0.15, -0.1) is 0 Å². The zero-order chi connectivity index (χ0) is 13.8. The van der Waals surface area contributed by atoms with Crippen LogP contribution in [-0.4, -0.2) is 16.3 Å². The van der Waals surface area contributed by atoms with Crippen molar-refractivity contribution in [3.8, 4) is 0 Å². The summed E-state index contributed by atoms with van der Waals surface area (Å²) < 4.78 is 15.0. The third-order valence-corrected chi connectivity index (χ3v) is 3.81. The first kappa shape index (κ1) is 13.3. The maximum Gasteiger partial charge on any atom is 0.123 e. The van der Waals surface area contributed by atoms with Crippen molar-refractivity contribution in [2.75, 3.05) is 6.54 Å². The van der Waals surface area contributed by atoms with Gasteiger partial charge in [0, 0.05) is 25.0 Å². The van der Waals surface area contributed by atoms with Crippen molar-refractivity contribution in [1.82, 2.24) is 15.1 Å². The third kappa shape index (κ3) is 3.45. The number of halogens is 1. The first-order valence-corrected chi connectivity index (χ1v) is 7.29. The van der Waals surface area contributed by atoms with Gasteiger partial charge in [-0.2, -0.15) is 5.10 Å². The van der Waals surface area contributed by atoms with E-state index < -0.39 is 0 Å². The summed E-state index contributed by atoms with van der Waals surface area (Å²) in [5, 5.41) is 7.81. The molecular formula is C16H20FN3. The molecule has 106 valence electrons. The summed E-state index contributed by atoms with van der Waals surface area (Å²) in [4.78, 5) is 0. The molecule has 1 heterocycles. The standard InChI is InChI=1S/C16H20FN3/c17-15-7-5-14(6-8-15)16(13-3-4-13)18-9-1-11-20-12-2-10-19-20/h2,5-8,10,12-13,16,18H,1,3-4,9,11H2. The number of nitrogens with one attached hydrogen (secondary N) is 1. The van der Waals surface area contributed by atoms with Gasteiger partial charge in [-0.1, -0.05) is 12.1 Å². The molecule has 1 aliphatic rings. The van der Waals surface area contributed by atoms with Crippen molar-refractivity contribution in [2.45, 2.75) is 31.8 Å². The molecule has 3 rings (SSSR count). The van der Waals surface area contributed by atoms with Crippen LogP contribution in [0.3, 0.4) is 0 Å². The van der Waals surface area contributed by atoms with E-state index in [0.29, 0.717) is 12.0 Å². The van der Waals surface area contributed by atoms with Crippen LogP contribution >= 0.6 is 0 Å². The topological polar surface area (TPSA) is 29.9 Å². The van der Waals surface area contributed by atoms with Crippen LogP contribution in [0.4, 0.5) is 4.39 Å². The summed E-state index contributed by atoms with van der Waals surface area (Å²) in [5.41, 5.74) is 1.20. The summed E-state index contributed by atoms with van der Waals surface area (Å²) in [6.07, 6.45) is 7.38. The van der Waals surface area contributed by atoms with Crippen LogP contribution in [0.2, 0.25) is 0 Å². The maximum atomic E-state index is 13.0. The fourth-order valence-corrected chi connectivity index (χ4v) is 2.59. The monoisotopic (exact) mass is 273 g/mol. The Morgan fingerprint density at radius 3 is 2.75 bits per heavy atom. The minimum Gasteiger partial charge on any atom is -0.310 e. The van der Waals surface area contributed by atoms with Gasteiger partial charge in [0.1, 0.15) is 5.82 Å². The van der Waals surface area contributed by atoms with E-state index in [1.165, 1.54) is 18.4 Å². The Morgan fingerprint density at radius 2 is 2.10 bits per heavy atom. The van der Waals surface area contributed by atoms with Gasteiger partial charge in [-0.05, 0) is 55.5 Å². The maximum absolute atomic E-state index is 13.0. The first-order chi connectivity index (χ1) is 9.83. The number of aromatic nitrogens is 2. The lowest BCUT2D eigenvalue weighted by Crippen LogP contribution is -2.25. The molecule has 4 heteroatoms. The normalized spacial score (nSPS) is 16.2. The van der Waals surface area contributed by atoms with Crippen molar-refractivity contribution in [1.29, 1.82) is 0 Å². The molecule has 0 radical (unpaired) electrons. The van der Waals surface area contributed by atoms with Crippen LogP contribution in [0.15, 0.2) is 42.7 Å². The molecule has 0 amide bonds. The average Bonchev–Trinajstić information content (AvgIpc) is 3.16. The van der Waals surface area contributed by atoms with E-state index in [4.69, 9.17) is 0 Å². The molecule has 2 aromatic rings. The highest BCUT2D eigenvalue weighted by atomic mass is 19.1. The van der Waals surface area contributed by atoms with Gasteiger partial charge >= 0.3 is 0 Å². The molecule has 3 nitrogen and oxygen atoms in total. The predicted octanol–water partition coefficient (Wildman–Crippen LogP) is 3.15. The quantitative estimate of drug-likeness (QED) is 0.785. The van der Waals surface area contributed by atoms with Crippen molar-refractivity contribution in [3.05, 3.63) is 54.1 Å². The molecule has 0 spiro atoms. The fourth-order valence-electron chi connectivity index (χ4n) is 2.59. The highest BCUT2D eigenvalue weighted by molar-refractivity contribution is 5.21. The van der Waals surface area contributed by atoms with E-state index in [1.54, 1.807) is 18.3 Å². The van der Waals surface area contributed by atoms with E-state index in [9.17, 15) is 4.39 Å². The Hall–Kier alpha value is -1.68. The van der Waals surface area contributed by atoms with Crippen LogP contribution in [0.25, 0.3) is 0 Å². The molecular weight excluding hydrogens is 253 g/mol. The van der Waals surface area contributed by atoms with Crippen molar-refractivity contribution < 1.29 is 4.39 Å². The largest absolute Gasteiger partial charge is 0.310 e. The lowest BCUT2D eigenvalue weighted by atomic mass is 10.0. The van der Waals surface area contributed by atoms with E-state index >= 15 is 0 Å². The Bertz CT molecular complexity index is 517. The molecule has 20 heavy (non-hydrogen) atoms. The minimum absolute atomic E-state index is 0.165. The molecule has 0 aliphatic heterocycles. The molecule has 1 N–H and O–H groups in total. The summed E-state index contributed by atoms with van der Waals surface area (Å²) in [7, 11) is 0. The third-order valence-electron chi connectivity index (χ3n) is 3.81. The van der Waals surface area contributed by atoms with Gasteiger partial charge < -0.3 is 5.32 Å². The van der Waals surface area contributed by atoms with E-state index in [2.05, 4.69) is 10.4 Å². The molecule has 1 atom stereocenters. The number of benzene rings is 1. The first-order valence-electron chi connectivity index (χ1n) is 7.29. The van der Waals surface area contributed by atoms with Gasteiger partial charge in [-0.3, -0.25) is 4.68 Å². The van der Waals surface area contributed by atoms with Gasteiger partial charge in [0.05, 0.1) is 0 Å². The van der Waals surface area contributed by atoms with Crippen molar-refractivity contribution in [2.24, 2.45) is 5.92 Å². The fraction of sp³-hybridized carbons (Fsp3) is 0.438. The van der Waals surface area contributed by atoms with Crippen molar-refractivity contribution >= 4 is 0 Å². The average molecular weight is 273 g/mol. The van der Waals surface area contributed by atoms with Gasteiger partial charge in [0.25, 0.3) is 0 Å². The Labute approximate surface area is 118 Å². The Kier molecular flexibility index (Phi) is 4.11. The second-order valence-corrected chi connectivity index (χ2v) is 5.44. The highest BCUT2D eigenvalue weighted by Crippen LogP contribution is 2.40. The van der Waals surface area contributed by atoms with E-state index in [0.717, 1.165) is 19.5 Å². The zero-order valence-corrected chi connectivity index (χ0v) is 11.5. The summed E-state index contributed by atoms with van der Waals surface area (Å²) in [6.45, 7) is 1.89. The number of hydrogen-bond donors (Lipinski definition) is 1. The van der Waals surface area contributed by atoms with Crippen LogP contribution in [0.5, 0.6) is 0 Å². The lowest BCUT2D eigenvalue weighted by Gasteiger charge is -2.19. The zero-order valence-electron chi connectivity index (χ0n) is 11.5. The summed E-state index contributed by atoms with van der Waals surface area (Å²) in [6, 6.07) is 9.22. The minimum atomic E-state index is -0.165. The van der Waals surface area contributed by atoms with Crippen molar-refractivity contribution in [3.63, 3.8) is 0 Å². The van der Waals surface area contributed by atoms with E-state index in [-0.39, 0.29) is 5.82 Å². The predicted molar refractivity (Wildman–Crippen MR) is 76.7 cm³/mol. The number of rotatable bonds is 7. The molecule has 1 saturated carbocycles. The highest BCUT2D eigenvalue weighted by Gasteiger charge is 2.31. The molecule has 0 bridgehead atoms. The number of nitrogens with zero attached hydrogens (tertiary/aromatic N) is 2. The van der Waals surface area contributed by atoms with Crippen LogP contribution < -0.4 is 5.32 Å². The van der Waals surface area contributed by atoms with Crippen LogP contribution in [0, 0.1) is 11.7 Å². The second-order valence-electron chi connectivity index (χ2n) is 5.44. The Balaban J connectivity index is 1.51.